The van der Waals surface area contributed by atoms with Crippen molar-refractivity contribution < 1.29 is 19.2 Å². The molecule has 0 bridgehead atoms. The molecule has 1 aromatic carbocycles. The van der Waals surface area contributed by atoms with E-state index in [0.717, 1.165) is 0 Å². The fourth-order valence-corrected chi connectivity index (χ4v) is 1.51. The maximum absolute atomic E-state index is 10.9. The van der Waals surface area contributed by atoms with Gasteiger partial charge in [-0.3, -0.25) is 14.9 Å². The van der Waals surface area contributed by atoms with Crippen molar-refractivity contribution >= 4 is 12.0 Å². The minimum absolute atomic E-state index is 0.0308. The standard InChI is InChI=1S/C13H17NO5/c1-8(2)18-12-5-10(7-15)11(14(16)17)6-13(12)19-9(3)4/h5-9H,1-4H3. The van der Waals surface area contributed by atoms with Crippen LogP contribution in [0.15, 0.2) is 12.1 Å². The zero-order valence-electron chi connectivity index (χ0n) is 11.4. The van der Waals surface area contributed by atoms with Gasteiger partial charge >= 0.3 is 0 Å². The van der Waals surface area contributed by atoms with E-state index in [2.05, 4.69) is 0 Å². The van der Waals surface area contributed by atoms with E-state index < -0.39 is 4.92 Å². The van der Waals surface area contributed by atoms with Crippen molar-refractivity contribution in [3.8, 4) is 11.5 Å². The summed E-state index contributed by atoms with van der Waals surface area (Å²) < 4.78 is 11.0. The Kier molecular flexibility index (Phi) is 4.86. The minimum atomic E-state index is -0.615. The van der Waals surface area contributed by atoms with Crippen molar-refractivity contribution in [1.82, 2.24) is 0 Å². The molecule has 0 radical (unpaired) electrons. The van der Waals surface area contributed by atoms with Crippen molar-refractivity contribution in [2.45, 2.75) is 39.9 Å². The molecule has 6 nitrogen and oxygen atoms in total. The van der Waals surface area contributed by atoms with Crippen LogP contribution in [0.3, 0.4) is 0 Å². The molecule has 0 saturated carbocycles. The van der Waals surface area contributed by atoms with E-state index in [1.165, 1.54) is 12.1 Å². The monoisotopic (exact) mass is 267 g/mol. The molecule has 19 heavy (non-hydrogen) atoms. The Hall–Kier alpha value is -2.11. The molecule has 104 valence electrons. The number of ether oxygens (including phenoxy) is 2. The largest absolute Gasteiger partial charge is 0.487 e. The summed E-state index contributed by atoms with van der Waals surface area (Å²) in [7, 11) is 0. The fraction of sp³-hybridized carbons (Fsp3) is 0.462. The lowest BCUT2D eigenvalue weighted by Crippen LogP contribution is -2.11. The molecule has 1 rings (SSSR count). The van der Waals surface area contributed by atoms with Gasteiger partial charge in [-0.1, -0.05) is 0 Å². The highest BCUT2D eigenvalue weighted by Gasteiger charge is 2.20. The lowest BCUT2D eigenvalue weighted by atomic mass is 10.1. The third-order valence-corrected chi connectivity index (χ3v) is 2.14. The molecule has 6 heteroatoms. The first-order valence-corrected chi connectivity index (χ1v) is 5.96. The van der Waals surface area contributed by atoms with Crippen molar-refractivity contribution in [2.24, 2.45) is 0 Å². The Morgan fingerprint density at radius 3 is 1.95 bits per heavy atom. The highest BCUT2D eigenvalue weighted by Crippen LogP contribution is 2.35. The molecule has 0 aromatic heterocycles. The fourth-order valence-electron chi connectivity index (χ4n) is 1.51. The molecular formula is C13H17NO5. The minimum Gasteiger partial charge on any atom is -0.487 e. The first-order valence-electron chi connectivity index (χ1n) is 5.96. The van der Waals surface area contributed by atoms with Crippen LogP contribution in [0.4, 0.5) is 5.69 Å². The average Bonchev–Trinajstić information content (AvgIpc) is 2.29. The molecule has 1 aromatic rings. The molecule has 0 fully saturated rings. The topological polar surface area (TPSA) is 78.7 Å². The van der Waals surface area contributed by atoms with Gasteiger partial charge in [0.15, 0.2) is 17.8 Å². The van der Waals surface area contributed by atoms with Crippen molar-refractivity contribution in [3.05, 3.63) is 27.8 Å². The molecule has 0 atom stereocenters. The van der Waals surface area contributed by atoms with Crippen molar-refractivity contribution in [1.29, 1.82) is 0 Å². The summed E-state index contributed by atoms with van der Waals surface area (Å²) in [5, 5.41) is 10.9. The lowest BCUT2D eigenvalue weighted by Gasteiger charge is -2.17. The second-order valence-corrected chi connectivity index (χ2v) is 4.57. The van der Waals surface area contributed by atoms with E-state index in [-0.39, 0.29) is 29.2 Å². The van der Waals surface area contributed by atoms with Crippen LogP contribution in [0, 0.1) is 10.1 Å². The van der Waals surface area contributed by atoms with Gasteiger partial charge < -0.3 is 9.47 Å². The summed E-state index contributed by atoms with van der Waals surface area (Å²) in [4.78, 5) is 21.2. The molecular weight excluding hydrogens is 250 g/mol. The number of hydrogen-bond donors (Lipinski definition) is 0. The highest BCUT2D eigenvalue weighted by molar-refractivity contribution is 5.83. The summed E-state index contributed by atoms with van der Waals surface area (Å²) in [6, 6.07) is 2.56. The van der Waals surface area contributed by atoms with E-state index in [0.29, 0.717) is 12.0 Å². The van der Waals surface area contributed by atoms with Crippen LogP contribution in [0.25, 0.3) is 0 Å². The summed E-state index contributed by atoms with van der Waals surface area (Å²) in [5.41, 5.74) is -0.321. The number of rotatable bonds is 6. The van der Waals surface area contributed by atoms with Crippen LogP contribution in [0.5, 0.6) is 11.5 Å². The summed E-state index contributed by atoms with van der Waals surface area (Å²) in [6.07, 6.45) is 0.150. The van der Waals surface area contributed by atoms with Crippen molar-refractivity contribution in [2.75, 3.05) is 0 Å². The van der Waals surface area contributed by atoms with Gasteiger partial charge in [-0.15, -0.1) is 0 Å². The zero-order chi connectivity index (χ0) is 14.6. The Balaban J connectivity index is 3.34. The van der Waals surface area contributed by atoms with Gasteiger partial charge in [-0.25, -0.2) is 0 Å². The van der Waals surface area contributed by atoms with Gasteiger partial charge in [0.25, 0.3) is 5.69 Å². The second-order valence-electron chi connectivity index (χ2n) is 4.57. The third-order valence-electron chi connectivity index (χ3n) is 2.14. The molecule has 0 N–H and O–H groups in total. The van der Waals surface area contributed by atoms with E-state index in [1.54, 1.807) is 13.8 Å². The molecule has 0 spiro atoms. The molecule has 0 saturated heterocycles. The summed E-state index contributed by atoms with van der Waals surface area (Å²) >= 11 is 0. The molecule has 0 heterocycles. The maximum Gasteiger partial charge on any atom is 0.283 e. The van der Waals surface area contributed by atoms with Gasteiger partial charge in [0.1, 0.15) is 0 Å². The van der Waals surface area contributed by atoms with Crippen LogP contribution in [-0.2, 0) is 0 Å². The van der Waals surface area contributed by atoms with Gasteiger partial charge in [-0.05, 0) is 27.7 Å². The quantitative estimate of drug-likeness (QED) is 0.449. The zero-order valence-corrected chi connectivity index (χ0v) is 11.4. The average molecular weight is 267 g/mol. The Morgan fingerprint density at radius 2 is 1.58 bits per heavy atom. The predicted molar refractivity (Wildman–Crippen MR) is 70.0 cm³/mol. The van der Waals surface area contributed by atoms with Gasteiger partial charge in [0.05, 0.1) is 28.8 Å². The summed E-state index contributed by atoms with van der Waals surface area (Å²) in [5.74, 6) is 0.595. The van der Waals surface area contributed by atoms with Crippen molar-refractivity contribution in [3.63, 3.8) is 0 Å². The third kappa shape index (κ3) is 3.94. The molecule has 0 aliphatic heterocycles. The van der Waals surface area contributed by atoms with E-state index in [1.807, 2.05) is 13.8 Å². The number of nitro groups is 1. The highest BCUT2D eigenvalue weighted by atomic mass is 16.6. The molecule has 0 amide bonds. The van der Waals surface area contributed by atoms with Crippen LogP contribution in [0.2, 0.25) is 0 Å². The number of aldehydes is 1. The smallest absolute Gasteiger partial charge is 0.283 e. The maximum atomic E-state index is 10.9. The van der Waals surface area contributed by atoms with Crippen LogP contribution >= 0.6 is 0 Å². The van der Waals surface area contributed by atoms with E-state index >= 15 is 0 Å². The Labute approximate surface area is 111 Å². The SMILES string of the molecule is CC(C)Oc1cc(C=O)c([N+](=O)[O-])cc1OC(C)C. The van der Waals surface area contributed by atoms with Crippen LogP contribution in [0.1, 0.15) is 38.1 Å². The van der Waals surface area contributed by atoms with Crippen LogP contribution in [-0.4, -0.2) is 23.4 Å². The second kappa shape index (κ2) is 6.17. The van der Waals surface area contributed by atoms with Crippen LogP contribution < -0.4 is 9.47 Å². The lowest BCUT2D eigenvalue weighted by molar-refractivity contribution is -0.385. The Bertz CT molecular complexity index is 482. The van der Waals surface area contributed by atoms with Gasteiger partial charge in [0, 0.05) is 6.07 Å². The molecule has 0 aliphatic rings. The first-order chi connectivity index (χ1) is 8.85. The Morgan fingerprint density at radius 1 is 1.11 bits per heavy atom. The molecule has 0 unspecified atom stereocenters. The van der Waals surface area contributed by atoms with Gasteiger partial charge in [-0.2, -0.15) is 0 Å². The normalized spacial score (nSPS) is 10.6. The number of hydrogen-bond acceptors (Lipinski definition) is 5. The van der Waals surface area contributed by atoms with E-state index in [9.17, 15) is 14.9 Å². The van der Waals surface area contributed by atoms with E-state index in [4.69, 9.17) is 9.47 Å². The molecule has 0 aliphatic carbocycles. The predicted octanol–water partition coefficient (Wildman–Crippen LogP) is 2.98. The number of nitro benzene ring substituents is 1. The number of carbonyl (C=O) groups excluding carboxylic acids is 1. The van der Waals surface area contributed by atoms with Gasteiger partial charge in [0.2, 0.25) is 0 Å². The number of nitrogens with zero attached hydrogens (tertiary/aromatic N) is 1. The summed E-state index contributed by atoms with van der Waals surface area (Å²) in [6.45, 7) is 7.25. The first kappa shape index (κ1) is 14.9. The number of benzene rings is 1. The number of carbonyl (C=O) groups is 1.